The van der Waals surface area contributed by atoms with Crippen LogP contribution in [0.15, 0.2) is 24.3 Å². The molecule has 0 saturated carbocycles. The van der Waals surface area contributed by atoms with Gasteiger partial charge in [-0.05, 0) is 11.6 Å². The smallest absolute Gasteiger partial charge is 0.354 e. The van der Waals surface area contributed by atoms with E-state index < -0.39 is 30.5 Å². The molecule has 9 heteroatoms. The highest BCUT2D eigenvalue weighted by Gasteiger charge is 2.43. The van der Waals surface area contributed by atoms with Gasteiger partial charge in [-0.15, -0.1) is 12.4 Å². The minimum Gasteiger partial charge on any atom is -0.354 e. The van der Waals surface area contributed by atoms with E-state index >= 15 is 0 Å². The number of carbonyl (C=O) groups excluding carboxylic acids is 1. The van der Waals surface area contributed by atoms with Crippen molar-refractivity contribution < 1.29 is 22.4 Å². The minimum atomic E-state index is -4.43. The number of rotatable bonds is 5. The van der Waals surface area contributed by atoms with Gasteiger partial charge in [0.1, 0.15) is 11.9 Å². The van der Waals surface area contributed by atoms with Gasteiger partial charge in [0, 0.05) is 32.7 Å². The summed E-state index contributed by atoms with van der Waals surface area (Å²) in [6.45, 7) is 0.975. The predicted octanol–water partition coefficient (Wildman–Crippen LogP) is 1.74. The van der Waals surface area contributed by atoms with Crippen LogP contribution < -0.4 is 10.6 Å². The first kappa shape index (κ1) is 20.7. The normalized spacial score (nSPS) is 17.0. The molecule has 1 unspecified atom stereocenters. The summed E-state index contributed by atoms with van der Waals surface area (Å²) in [6.07, 6.45) is -4.71. The molecule has 1 saturated heterocycles. The molecule has 1 aromatic carbocycles. The van der Waals surface area contributed by atoms with Gasteiger partial charge in [-0.3, -0.25) is 9.69 Å². The van der Waals surface area contributed by atoms with Crippen molar-refractivity contribution in [1.29, 1.82) is 0 Å². The Balaban J connectivity index is 0.00000288. The van der Waals surface area contributed by atoms with Crippen molar-refractivity contribution >= 4 is 18.3 Å². The topological polar surface area (TPSA) is 44.4 Å². The molecule has 1 atom stereocenters. The number of nitrogens with zero attached hydrogens (tertiary/aromatic N) is 1. The van der Waals surface area contributed by atoms with Gasteiger partial charge >= 0.3 is 6.18 Å². The van der Waals surface area contributed by atoms with Gasteiger partial charge in [0.05, 0.1) is 6.42 Å². The third-order valence-corrected chi connectivity index (χ3v) is 3.77. The van der Waals surface area contributed by atoms with Gasteiger partial charge in [0.25, 0.3) is 0 Å². The number of alkyl halides is 3. The summed E-state index contributed by atoms with van der Waals surface area (Å²) in [5.74, 6) is -1.17. The number of halogens is 5. The number of nitrogens with one attached hydrogen (secondary N) is 2. The molecule has 0 bridgehead atoms. The van der Waals surface area contributed by atoms with Crippen LogP contribution in [0.5, 0.6) is 0 Å². The van der Waals surface area contributed by atoms with Gasteiger partial charge in [-0.2, -0.15) is 13.2 Å². The Hall–Kier alpha value is -1.38. The van der Waals surface area contributed by atoms with E-state index in [4.69, 9.17) is 0 Å². The van der Waals surface area contributed by atoms with E-state index in [1.54, 1.807) is 6.07 Å². The highest BCUT2D eigenvalue weighted by molar-refractivity contribution is 5.85. The van der Waals surface area contributed by atoms with E-state index in [0.29, 0.717) is 13.1 Å². The molecule has 0 radical (unpaired) electrons. The summed E-state index contributed by atoms with van der Waals surface area (Å²) in [5.41, 5.74) is 0.163. The van der Waals surface area contributed by atoms with Crippen molar-refractivity contribution in [3.05, 3.63) is 35.6 Å². The van der Waals surface area contributed by atoms with Crippen LogP contribution in [-0.4, -0.2) is 55.7 Å². The van der Waals surface area contributed by atoms with Crippen molar-refractivity contribution in [1.82, 2.24) is 15.5 Å². The summed E-state index contributed by atoms with van der Waals surface area (Å²) in [6, 6.07) is 3.98. The van der Waals surface area contributed by atoms with Crippen molar-refractivity contribution in [2.24, 2.45) is 0 Å². The molecule has 1 aliphatic rings. The van der Waals surface area contributed by atoms with Crippen molar-refractivity contribution in [3.63, 3.8) is 0 Å². The van der Waals surface area contributed by atoms with Crippen molar-refractivity contribution in [2.75, 3.05) is 32.7 Å². The van der Waals surface area contributed by atoms with Gasteiger partial charge < -0.3 is 10.6 Å². The zero-order valence-electron chi connectivity index (χ0n) is 12.9. The average Bonchev–Trinajstić information content (AvgIpc) is 2.49. The number of hydrogen-bond donors (Lipinski definition) is 2. The van der Waals surface area contributed by atoms with Gasteiger partial charge in [0.2, 0.25) is 5.91 Å². The van der Waals surface area contributed by atoms with Crippen LogP contribution in [0.25, 0.3) is 0 Å². The summed E-state index contributed by atoms with van der Waals surface area (Å²) in [5, 5.41) is 5.26. The van der Waals surface area contributed by atoms with E-state index in [1.807, 2.05) is 0 Å². The second-order valence-corrected chi connectivity index (χ2v) is 5.42. The third kappa shape index (κ3) is 5.92. The van der Waals surface area contributed by atoms with Crippen LogP contribution in [-0.2, 0) is 11.2 Å². The van der Waals surface area contributed by atoms with Gasteiger partial charge in [0.15, 0.2) is 0 Å². The Labute approximate surface area is 144 Å². The van der Waals surface area contributed by atoms with Crippen LogP contribution in [0.4, 0.5) is 17.6 Å². The molecule has 24 heavy (non-hydrogen) atoms. The quantitative estimate of drug-likeness (QED) is 0.777. The highest BCUT2D eigenvalue weighted by Crippen LogP contribution is 2.24. The number of amides is 1. The number of benzene rings is 1. The summed E-state index contributed by atoms with van der Waals surface area (Å²) < 4.78 is 53.0. The zero-order valence-corrected chi connectivity index (χ0v) is 13.7. The molecule has 1 amide bonds. The van der Waals surface area contributed by atoms with E-state index in [2.05, 4.69) is 10.6 Å². The van der Waals surface area contributed by atoms with Crippen LogP contribution in [0.3, 0.4) is 0 Å². The fraction of sp³-hybridized carbons (Fsp3) is 0.533. The first-order valence-electron chi connectivity index (χ1n) is 7.39. The lowest BCUT2D eigenvalue weighted by Gasteiger charge is -2.35. The molecule has 0 spiro atoms. The van der Waals surface area contributed by atoms with Crippen molar-refractivity contribution in [3.8, 4) is 0 Å². The first-order valence-corrected chi connectivity index (χ1v) is 7.39. The number of piperazine rings is 1. The molecule has 1 aliphatic heterocycles. The summed E-state index contributed by atoms with van der Waals surface area (Å²) in [7, 11) is 0. The van der Waals surface area contributed by atoms with Crippen LogP contribution in [0, 0.1) is 5.82 Å². The van der Waals surface area contributed by atoms with E-state index in [-0.39, 0.29) is 37.5 Å². The lowest BCUT2D eigenvalue weighted by molar-refractivity contribution is -0.184. The lowest BCUT2D eigenvalue weighted by atomic mass is 10.1. The highest BCUT2D eigenvalue weighted by atomic mass is 35.5. The first-order chi connectivity index (χ1) is 10.9. The fourth-order valence-electron chi connectivity index (χ4n) is 2.53. The Kier molecular flexibility index (Phi) is 7.92. The molecule has 2 N–H and O–H groups in total. The molecule has 1 heterocycles. The van der Waals surface area contributed by atoms with Crippen LogP contribution in [0.1, 0.15) is 5.56 Å². The number of carbonyl (C=O) groups is 1. The third-order valence-electron chi connectivity index (χ3n) is 3.77. The summed E-state index contributed by atoms with van der Waals surface area (Å²) in [4.78, 5) is 13.1. The van der Waals surface area contributed by atoms with Crippen LogP contribution >= 0.6 is 12.4 Å². The lowest BCUT2D eigenvalue weighted by Crippen LogP contribution is -2.57. The van der Waals surface area contributed by atoms with E-state index in [9.17, 15) is 22.4 Å². The Morgan fingerprint density at radius 3 is 2.46 bits per heavy atom. The molecular formula is C15H20ClF4N3O. The molecule has 136 valence electrons. The average molecular weight is 370 g/mol. The molecule has 1 aromatic rings. The summed E-state index contributed by atoms with van der Waals surface area (Å²) >= 11 is 0. The van der Waals surface area contributed by atoms with E-state index in [0.717, 1.165) is 0 Å². The minimum absolute atomic E-state index is 0. The van der Waals surface area contributed by atoms with Crippen LogP contribution in [0.2, 0.25) is 0 Å². The molecule has 1 fully saturated rings. The molecule has 0 aromatic heterocycles. The molecule has 2 rings (SSSR count). The Morgan fingerprint density at radius 1 is 1.25 bits per heavy atom. The van der Waals surface area contributed by atoms with Gasteiger partial charge in [-0.25, -0.2) is 4.39 Å². The van der Waals surface area contributed by atoms with Gasteiger partial charge in [-0.1, -0.05) is 18.2 Å². The second-order valence-electron chi connectivity index (χ2n) is 5.42. The monoisotopic (exact) mass is 369 g/mol. The number of hydrogen-bond acceptors (Lipinski definition) is 3. The maximum absolute atomic E-state index is 13.5. The Morgan fingerprint density at radius 2 is 1.88 bits per heavy atom. The predicted molar refractivity (Wildman–Crippen MR) is 84.6 cm³/mol. The van der Waals surface area contributed by atoms with Crippen molar-refractivity contribution in [2.45, 2.75) is 18.6 Å². The fourth-order valence-corrected chi connectivity index (χ4v) is 2.53. The zero-order chi connectivity index (χ0) is 16.9. The second kappa shape index (κ2) is 9.19. The SMILES string of the molecule is Cl.O=C(Cc1ccccc1F)NCC(N1CCNCC1)C(F)(F)F. The largest absolute Gasteiger partial charge is 0.405 e. The maximum Gasteiger partial charge on any atom is 0.405 e. The van der Waals surface area contributed by atoms with E-state index in [1.165, 1.54) is 23.1 Å². The standard InChI is InChI=1S/C15H19F4N3O.ClH/c16-12-4-2-1-3-11(12)9-14(23)21-10-13(15(17,18)19)22-7-5-20-6-8-22;/h1-4,13,20H,5-10H2,(H,21,23);1H. The molecule has 4 nitrogen and oxygen atoms in total. The maximum atomic E-state index is 13.5. The molecular weight excluding hydrogens is 350 g/mol. The molecule has 0 aliphatic carbocycles. The Bertz CT molecular complexity index is 536.